The summed E-state index contributed by atoms with van der Waals surface area (Å²) in [5.41, 5.74) is 0.391. The fraction of sp³-hybridized carbons (Fsp3) is 0.417. The van der Waals surface area contributed by atoms with Gasteiger partial charge in [-0.25, -0.2) is 9.78 Å². The zero-order chi connectivity index (χ0) is 13.7. The highest BCUT2D eigenvalue weighted by Gasteiger charge is 2.15. The van der Waals surface area contributed by atoms with E-state index in [-0.39, 0.29) is 0 Å². The maximum Gasteiger partial charge on any atom is 0.357 e. The lowest BCUT2D eigenvalue weighted by Gasteiger charge is -2.02. The van der Waals surface area contributed by atoms with E-state index in [1.807, 2.05) is 23.9 Å². The lowest BCUT2D eigenvalue weighted by atomic mass is 10.4. The standard InChI is InChI=1S/C12H16N4O2S/c1-9-10(11(17)18-2)15-12(19-9)13-5-3-7-16-8-4-6-14-16/h4,6,8H,3,5,7H2,1-2H3,(H,13,15). The monoisotopic (exact) mass is 280 g/mol. The Morgan fingerprint density at radius 1 is 1.58 bits per heavy atom. The first kappa shape index (κ1) is 13.5. The first-order valence-electron chi connectivity index (χ1n) is 5.97. The van der Waals surface area contributed by atoms with Crippen molar-refractivity contribution < 1.29 is 9.53 Å². The summed E-state index contributed by atoms with van der Waals surface area (Å²) in [7, 11) is 1.36. The molecule has 1 N–H and O–H groups in total. The highest BCUT2D eigenvalue weighted by Crippen LogP contribution is 2.22. The quantitative estimate of drug-likeness (QED) is 0.647. The zero-order valence-electron chi connectivity index (χ0n) is 10.9. The van der Waals surface area contributed by atoms with Crippen molar-refractivity contribution >= 4 is 22.4 Å². The topological polar surface area (TPSA) is 69.0 Å². The minimum absolute atomic E-state index is 0.390. The number of nitrogens with one attached hydrogen (secondary N) is 1. The Morgan fingerprint density at radius 3 is 3.11 bits per heavy atom. The number of carbonyl (C=O) groups is 1. The Balaban J connectivity index is 1.81. The molecule has 0 radical (unpaired) electrons. The van der Waals surface area contributed by atoms with Gasteiger partial charge in [0, 0.05) is 30.4 Å². The fourth-order valence-electron chi connectivity index (χ4n) is 1.63. The van der Waals surface area contributed by atoms with Crippen LogP contribution in [0.3, 0.4) is 0 Å². The molecule has 2 heterocycles. The van der Waals surface area contributed by atoms with E-state index in [0.717, 1.165) is 29.5 Å². The van der Waals surface area contributed by atoms with Crippen LogP contribution in [0.25, 0.3) is 0 Å². The molecule has 0 unspecified atom stereocenters. The van der Waals surface area contributed by atoms with E-state index in [0.29, 0.717) is 5.69 Å². The van der Waals surface area contributed by atoms with Gasteiger partial charge >= 0.3 is 5.97 Å². The number of methoxy groups -OCH3 is 1. The zero-order valence-corrected chi connectivity index (χ0v) is 11.7. The number of esters is 1. The van der Waals surface area contributed by atoms with E-state index >= 15 is 0 Å². The molecule has 7 heteroatoms. The van der Waals surface area contributed by atoms with E-state index in [4.69, 9.17) is 0 Å². The third-order valence-electron chi connectivity index (χ3n) is 2.57. The van der Waals surface area contributed by atoms with Crippen LogP contribution in [0, 0.1) is 6.92 Å². The van der Waals surface area contributed by atoms with Gasteiger partial charge in [0.15, 0.2) is 10.8 Å². The number of carbonyl (C=O) groups excluding carboxylic acids is 1. The maximum absolute atomic E-state index is 11.4. The van der Waals surface area contributed by atoms with Crippen molar-refractivity contribution in [3.8, 4) is 0 Å². The van der Waals surface area contributed by atoms with Crippen molar-refractivity contribution in [3.63, 3.8) is 0 Å². The Bertz CT molecular complexity index is 536. The Labute approximate surface area is 115 Å². The number of thiazole rings is 1. The number of nitrogens with zero attached hydrogens (tertiary/aromatic N) is 3. The van der Waals surface area contributed by atoms with Crippen LogP contribution in [-0.4, -0.2) is 34.4 Å². The summed E-state index contributed by atoms with van der Waals surface area (Å²) in [6.45, 7) is 3.50. The molecule has 2 rings (SSSR count). The van der Waals surface area contributed by atoms with Crippen molar-refractivity contribution in [3.05, 3.63) is 29.0 Å². The number of anilines is 1. The van der Waals surface area contributed by atoms with Crippen molar-refractivity contribution in [1.82, 2.24) is 14.8 Å². The molecular formula is C12H16N4O2S. The summed E-state index contributed by atoms with van der Waals surface area (Å²) >= 11 is 1.46. The van der Waals surface area contributed by atoms with E-state index in [1.165, 1.54) is 18.4 Å². The summed E-state index contributed by atoms with van der Waals surface area (Å²) in [4.78, 5) is 16.5. The lowest BCUT2D eigenvalue weighted by molar-refractivity contribution is 0.0594. The first-order chi connectivity index (χ1) is 9.20. The van der Waals surface area contributed by atoms with E-state index in [2.05, 4.69) is 20.1 Å². The number of aromatic nitrogens is 3. The average Bonchev–Trinajstić information content (AvgIpc) is 3.03. The molecule has 0 saturated heterocycles. The summed E-state index contributed by atoms with van der Waals surface area (Å²) in [6.07, 6.45) is 4.64. The average molecular weight is 280 g/mol. The SMILES string of the molecule is COC(=O)c1nc(NCCCn2cccn2)sc1C. The summed E-state index contributed by atoms with van der Waals surface area (Å²) in [5, 5.41) is 8.08. The second kappa shape index (κ2) is 6.33. The molecule has 0 amide bonds. The van der Waals surface area contributed by atoms with Crippen LogP contribution in [0.1, 0.15) is 21.8 Å². The third kappa shape index (κ3) is 3.54. The highest BCUT2D eigenvalue weighted by atomic mass is 32.1. The summed E-state index contributed by atoms with van der Waals surface area (Å²) in [5.74, 6) is -0.390. The number of rotatable bonds is 6. The second-order valence-electron chi connectivity index (χ2n) is 3.96. The molecule has 0 aliphatic rings. The molecule has 2 aromatic rings. The van der Waals surface area contributed by atoms with Gasteiger partial charge in [0.1, 0.15) is 0 Å². The van der Waals surface area contributed by atoms with Crippen LogP contribution in [0.15, 0.2) is 18.5 Å². The smallest absolute Gasteiger partial charge is 0.357 e. The summed E-state index contributed by atoms with van der Waals surface area (Å²) in [6, 6.07) is 1.90. The van der Waals surface area contributed by atoms with Crippen molar-refractivity contribution in [2.24, 2.45) is 0 Å². The van der Waals surface area contributed by atoms with Crippen molar-refractivity contribution in [1.29, 1.82) is 0 Å². The first-order valence-corrected chi connectivity index (χ1v) is 6.79. The van der Waals surface area contributed by atoms with E-state index in [1.54, 1.807) is 6.20 Å². The van der Waals surface area contributed by atoms with Gasteiger partial charge in [-0.2, -0.15) is 5.10 Å². The maximum atomic E-state index is 11.4. The van der Waals surface area contributed by atoms with Gasteiger partial charge in [0.05, 0.1) is 7.11 Å². The molecule has 0 aromatic carbocycles. The van der Waals surface area contributed by atoms with E-state index < -0.39 is 5.97 Å². The fourth-order valence-corrected chi connectivity index (χ4v) is 2.45. The molecule has 6 nitrogen and oxygen atoms in total. The van der Waals surface area contributed by atoms with Crippen LogP contribution in [0.2, 0.25) is 0 Å². The summed E-state index contributed by atoms with van der Waals surface area (Å²) < 4.78 is 6.55. The van der Waals surface area contributed by atoms with Crippen molar-refractivity contribution in [2.45, 2.75) is 19.9 Å². The molecule has 0 saturated carbocycles. The number of ether oxygens (including phenoxy) is 1. The number of hydrogen-bond donors (Lipinski definition) is 1. The molecule has 102 valence electrons. The third-order valence-corrected chi connectivity index (χ3v) is 3.50. The Kier molecular flexibility index (Phi) is 4.51. The van der Waals surface area contributed by atoms with Gasteiger partial charge in [0.25, 0.3) is 0 Å². The minimum Gasteiger partial charge on any atom is -0.464 e. The van der Waals surface area contributed by atoms with Crippen LogP contribution in [0.5, 0.6) is 0 Å². The Morgan fingerprint density at radius 2 is 2.42 bits per heavy atom. The minimum atomic E-state index is -0.390. The Hall–Kier alpha value is -1.89. The largest absolute Gasteiger partial charge is 0.464 e. The van der Waals surface area contributed by atoms with Crippen LogP contribution in [-0.2, 0) is 11.3 Å². The van der Waals surface area contributed by atoms with Crippen LogP contribution >= 0.6 is 11.3 Å². The van der Waals surface area contributed by atoms with Gasteiger partial charge in [-0.15, -0.1) is 11.3 Å². The van der Waals surface area contributed by atoms with Gasteiger partial charge in [0.2, 0.25) is 0 Å². The second-order valence-corrected chi connectivity index (χ2v) is 5.17. The molecule has 0 aliphatic carbocycles. The normalized spacial score (nSPS) is 10.4. The van der Waals surface area contributed by atoms with Gasteiger partial charge in [-0.1, -0.05) is 0 Å². The van der Waals surface area contributed by atoms with Crippen LogP contribution in [0.4, 0.5) is 5.13 Å². The molecule has 0 spiro atoms. The van der Waals surface area contributed by atoms with Gasteiger partial charge < -0.3 is 10.1 Å². The predicted octanol–water partition coefficient (Wildman–Crippen LogP) is 1.94. The van der Waals surface area contributed by atoms with Gasteiger partial charge in [-0.05, 0) is 19.4 Å². The molecule has 0 bridgehead atoms. The molecule has 2 aromatic heterocycles. The highest BCUT2D eigenvalue weighted by molar-refractivity contribution is 7.15. The number of hydrogen-bond acceptors (Lipinski definition) is 6. The molecule has 0 fully saturated rings. The van der Waals surface area contributed by atoms with Crippen LogP contribution < -0.4 is 5.32 Å². The van der Waals surface area contributed by atoms with Gasteiger partial charge in [-0.3, -0.25) is 4.68 Å². The van der Waals surface area contributed by atoms with E-state index in [9.17, 15) is 4.79 Å². The molecular weight excluding hydrogens is 264 g/mol. The molecule has 19 heavy (non-hydrogen) atoms. The lowest BCUT2D eigenvalue weighted by Crippen LogP contribution is -2.07. The molecule has 0 aliphatic heterocycles. The van der Waals surface area contributed by atoms with Crippen molar-refractivity contribution in [2.75, 3.05) is 19.0 Å². The number of aryl methyl sites for hydroxylation is 2. The predicted molar refractivity (Wildman–Crippen MR) is 73.5 cm³/mol. The molecule has 0 atom stereocenters.